The van der Waals surface area contributed by atoms with Crippen LogP contribution >= 0.6 is 23.2 Å². The van der Waals surface area contributed by atoms with E-state index in [2.05, 4.69) is 24.1 Å². The third kappa shape index (κ3) is 3.27. The van der Waals surface area contributed by atoms with Gasteiger partial charge in [0.2, 0.25) is 0 Å². The summed E-state index contributed by atoms with van der Waals surface area (Å²) in [5.74, 6) is 0.747. The predicted octanol–water partition coefficient (Wildman–Crippen LogP) is 5.67. The molecule has 5 rings (SSSR count). The highest BCUT2D eigenvalue weighted by Crippen LogP contribution is 2.46. The van der Waals surface area contributed by atoms with E-state index >= 15 is 0 Å². The minimum absolute atomic E-state index is 0.0852. The minimum atomic E-state index is -0.543. The predicted molar refractivity (Wildman–Crippen MR) is 120 cm³/mol. The summed E-state index contributed by atoms with van der Waals surface area (Å²) in [5.41, 5.74) is 2.95. The van der Waals surface area contributed by atoms with Crippen LogP contribution in [0.4, 0.5) is 5.69 Å². The van der Waals surface area contributed by atoms with Gasteiger partial charge in [0.15, 0.2) is 5.75 Å². The van der Waals surface area contributed by atoms with Crippen molar-refractivity contribution in [1.82, 2.24) is 10.3 Å². The van der Waals surface area contributed by atoms with Crippen LogP contribution in [-0.2, 0) is 15.7 Å². The van der Waals surface area contributed by atoms with Gasteiger partial charge in [0.25, 0.3) is 5.69 Å². The Balaban J connectivity index is 1.60. The van der Waals surface area contributed by atoms with Gasteiger partial charge in [0.1, 0.15) is 5.75 Å². The SMILES string of the molecule is CC1(C)CNC2(CCOC2)c2[nH]c3ccc(Oc4c(Cl)cc([N+](=O)[O-])cc4Cl)cc3c21. The van der Waals surface area contributed by atoms with Crippen molar-refractivity contribution in [1.29, 1.82) is 0 Å². The number of nitrogens with one attached hydrogen (secondary N) is 2. The number of aromatic amines is 1. The molecule has 2 aliphatic heterocycles. The summed E-state index contributed by atoms with van der Waals surface area (Å²) >= 11 is 12.5. The second kappa shape index (κ2) is 7.10. The van der Waals surface area contributed by atoms with Crippen molar-refractivity contribution in [2.75, 3.05) is 19.8 Å². The van der Waals surface area contributed by atoms with E-state index in [1.54, 1.807) is 0 Å². The molecule has 3 heterocycles. The molecule has 0 amide bonds. The van der Waals surface area contributed by atoms with Crippen molar-refractivity contribution in [3.05, 3.63) is 61.7 Å². The van der Waals surface area contributed by atoms with Crippen LogP contribution in [0.2, 0.25) is 10.0 Å². The largest absolute Gasteiger partial charge is 0.454 e. The molecule has 2 aliphatic rings. The Morgan fingerprint density at radius 2 is 1.94 bits per heavy atom. The van der Waals surface area contributed by atoms with E-state index in [1.165, 1.54) is 23.4 Å². The molecule has 2 N–H and O–H groups in total. The quantitative estimate of drug-likeness (QED) is 0.387. The molecular formula is C22H21Cl2N3O4. The molecule has 162 valence electrons. The average Bonchev–Trinajstić information content (AvgIpc) is 3.34. The van der Waals surface area contributed by atoms with E-state index in [1.807, 2.05) is 18.2 Å². The van der Waals surface area contributed by atoms with Crippen molar-refractivity contribution in [2.24, 2.45) is 0 Å². The molecule has 31 heavy (non-hydrogen) atoms. The van der Waals surface area contributed by atoms with Gasteiger partial charge in [-0.3, -0.25) is 10.1 Å². The fraction of sp³-hybridized carbons (Fsp3) is 0.364. The standard InChI is InChI=1S/C22H21Cl2N3O4/c1-21(2)10-25-22(5-6-30-11-22)20-18(21)14-9-13(3-4-17(14)26-20)31-19-15(23)7-12(27(28)29)8-16(19)24/h3-4,7-9,25-26H,5-6,10-11H2,1-2H3. The first kappa shape index (κ1) is 20.6. The summed E-state index contributed by atoms with van der Waals surface area (Å²) in [7, 11) is 0. The highest BCUT2D eigenvalue weighted by molar-refractivity contribution is 6.37. The van der Waals surface area contributed by atoms with Crippen molar-refractivity contribution in [2.45, 2.75) is 31.2 Å². The third-order valence-electron chi connectivity index (χ3n) is 6.23. The van der Waals surface area contributed by atoms with Crippen molar-refractivity contribution in [3.63, 3.8) is 0 Å². The fourth-order valence-electron chi connectivity index (χ4n) is 4.63. The lowest BCUT2D eigenvalue weighted by atomic mass is 9.73. The Morgan fingerprint density at radius 1 is 1.19 bits per heavy atom. The molecule has 1 saturated heterocycles. The topological polar surface area (TPSA) is 89.4 Å². The van der Waals surface area contributed by atoms with E-state index in [-0.39, 0.29) is 32.4 Å². The number of ether oxygens (including phenoxy) is 2. The maximum absolute atomic E-state index is 11.0. The first-order valence-electron chi connectivity index (χ1n) is 10.0. The Morgan fingerprint density at radius 3 is 2.58 bits per heavy atom. The third-order valence-corrected chi connectivity index (χ3v) is 6.79. The maximum Gasteiger partial charge on any atom is 0.272 e. The van der Waals surface area contributed by atoms with Crippen molar-refractivity contribution >= 4 is 39.8 Å². The van der Waals surface area contributed by atoms with Gasteiger partial charge in [-0.25, -0.2) is 0 Å². The van der Waals surface area contributed by atoms with E-state index in [4.69, 9.17) is 32.7 Å². The number of nitro benzene ring substituents is 1. The molecule has 3 aromatic rings. The van der Waals surface area contributed by atoms with E-state index in [9.17, 15) is 10.1 Å². The van der Waals surface area contributed by atoms with Gasteiger partial charge < -0.3 is 19.8 Å². The maximum atomic E-state index is 11.0. The molecule has 1 unspecified atom stereocenters. The van der Waals surface area contributed by atoms with Crippen LogP contribution in [0.25, 0.3) is 10.9 Å². The summed E-state index contributed by atoms with van der Waals surface area (Å²) in [6.07, 6.45) is 0.917. The average molecular weight is 462 g/mol. The van der Waals surface area contributed by atoms with Crippen LogP contribution in [-0.4, -0.2) is 29.7 Å². The zero-order chi connectivity index (χ0) is 22.0. The van der Waals surface area contributed by atoms with Gasteiger partial charge in [-0.2, -0.15) is 0 Å². The number of benzene rings is 2. The second-order valence-electron chi connectivity index (χ2n) is 8.80. The van der Waals surface area contributed by atoms with Crippen LogP contribution in [0.15, 0.2) is 30.3 Å². The number of hydrogen-bond donors (Lipinski definition) is 2. The lowest BCUT2D eigenvalue weighted by molar-refractivity contribution is -0.384. The smallest absolute Gasteiger partial charge is 0.272 e. The lowest BCUT2D eigenvalue weighted by Gasteiger charge is -2.41. The fourth-order valence-corrected chi connectivity index (χ4v) is 5.18. The van der Waals surface area contributed by atoms with Crippen LogP contribution in [0.1, 0.15) is 31.5 Å². The number of halogens is 2. The molecule has 0 aliphatic carbocycles. The number of H-pyrrole nitrogens is 1. The summed E-state index contributed by atoms with van der Waals surface area (Å²) in [6.45, 7) is 6.63. The van der Waals surface area contributed by atoms with E-state index < -0.39 is 4.92 Å². The van der Waals surface area contributed by atoms with Crippen molar-refractivity contribution in [3.8, 4) is 11.5 Å². The number of nitro groups is 1. The Hall–Kier alpha value is -2.32. The normalized spacial score (nSPS) is 22.1. The number of fused-ring (bicyclic) bond motifs is 4. The Bertz CT molecular complexity index is 1190. The highest BCUT2D eigenvalue weighted by Gasteiger charge is 2.47. The van der Waals surface area contributed by atoms with Gasteiger partial charge in [-0.05, 0) is 30.2 Å². The molecule has 7 nitrogen and oxygen atoms in total. The van der Waals surface area contributed by atoms with Crippen LogP contribution in [0.5, 0.6) is 11.5 Å². The molecule has 2 aromatic carbocycles. The Kier molecular flexibility index (Phi) is 4.71. The summed E-state index contributed by atoms with van der Waals surface area (Å²) in [4.78, 5) is 14.1. The molecular weight excluding hydrogens is 441 g/mol. The van der Waals surface area contributed by atoms with E-state index in [0.717, 1.165) is 30.5 Å². The zero-order valence-corrected chi connectivity index (χ0v) is 18.6. The van der Waals surface area contributed by atoms with Crippen LogP contribution < -0.4 is 10.1 Å². The molecule has 1 fully saturated rings. The van der Waals surface area contributed by atoms with Gasteiger partial charge in [0, 0.05) is 47.3 Å². The number of aromatic nitrogens is 1. The molecule has 1 spiro atoms. The van der Waals surface area contributed by atoms with Gasteiger partial charge in [0.05, 0.1) is 27.1 Å². The number of rotatable bonds is 3. The van der Waals surface area contributed by atoms with Gasteiger partial charge in [-0.1, -0.05) is 37.0 Å². The minimum Gasteiger partial charge on any atom is -0.454 e. The van der Waals surface area contributed by atoms with Crippen LogP contribution in [0.3, 0.4) is 0 Å². The second-order valence-corrected chi connectivity index (χ2v) is 9.62. The molecule has 9 heteroatoms. The highest BCUT2D eigenvalue weighted by atomic mass is 35.5. The number of non-ortho nitro benzene ring substituents is 1. The lowest BCUT2D eigenvalue weighted by Crippen LogP contribution is -2.53. The summed E-state index contributed by atoms with van der Waals surface area (Å²) in [5, 5.41) is 16.0. The molecule has 0 bridgehead atoms. The van der Waals surface area contributed by atoms with Gasteiger partial charge in [-0.15, -0.1) is 0 Å². The van der Waals surface area contributed by atoms with Crippen molar-refractivity contribution < 1.29 is 14.4 Å². The van der Waals surface area contributed by atoms with Gasteiger partial charge >= 0.3 is 0 Å². The number of nitrogens with zero attached hydrogens (tertiary/aromatic N) is 1. The molecule has 0 saturated carbocycles. The molecule has 1 aromatic heterocycles. The number of hydrogen-bond acceptors (Lipinski definition) is 5. The first-order valence-corrected chi connectivity index (χ1v) is 10.8. The molecule has 1 atom stereocenters. The summed E-state index contributed by atoms with van der Waals surface area (Å²) < 4.78 is 11.7. The van der Waals surface area contributed by atoms with Crippen LogP contribution in [0, 0.1) is 10.1 Å². The first-order chi connectivity index (χ1) is 14.7. The Labute approximate surface area is 188 Å². The zero-order valence-electron chi connectivity index (χ0n) is 17.1. The monoisotopic (exact) mass is 461 g/mol. The summed E-state index contributed by atoms with van der Waals surface area (Å²) in [6, 6.07) is 8.23. The van der Waals surface area contributed by atoms with E-state index in [0.29, 0.717) is 12.4 Å². The molecule has 0 radical (unpaired) electrons.